The predicted octanol–water partition coefficient (Wildman–Crippen LogP) is 11.9. The first-order valence-corrected chi connectivity index (χ1v) is 18.6. The number of carbonyl (C=O) groups excluding carboxylic acids is 1. The molecule has 0 radical (unpaired) electrons. The number of rotatable bonds is 16. The fraction of sp³-hybridized carbons (Fsp3) is 0.923. The fourth-order valence-electron chi connectivity index (χ4n) is 10.6. The SMILES string of the molecule is CCCCCCCCCCC[13C](=O)O[13C@H]1CC[C@@]2(C)C(=CC[C@H]3[C@@H]4CC[C@H]([C@H](C)CCCC(C)C)[C@@]4(C)CC[C@@H]32)[13CH2]1. The van der Waals surface area contributed by atoms with Crippen LogP contribution in [0.4, 0.5) is 0 Å². The molecule has 0 heterocycles. The van der Waals surface area contributed by atoms with E-state index in [0.717, 1.165) is 54.8 Å². The van der Waals surface area contributed by atoms with Crippen molar-refractivity contribution in [2.24, 2.45) is 46.3 Å². The molecular formula is C39H68O2. The van der Waals surface area contributed by atoms with E-state index in [2.05, 4.69) is 47.6 Å². The first-order valence-electron chi connectivity index (χ1n) is 18.6. The molecular weight excluding hydrogens is 503 g/mol. The lowest BCUT2D eigenvalue weighted by Crippen LogP contribution is -2.51. The summed E-state index contributed by atoms with van der Waals surface area (Å²) >= 11 is 0. The van der Waals surface area contributed by atoms with E-state index < -0.39 is 0 Å². The summed E-state index contributed by atoms with van der Waals surface area (Å²) in [6.45, 7) is 14.9. The Labute approximate surface area is 255 Å². The van der Waals surface area contributed by atoms with Crippen molar-refractivity contribution < 1.29 is 9.53 Å². The largest absolute Gasteiger partial charge is 0.462 e. The van der Waals surface area contributed by atoms with Gasteiger partial charge in [0.1, 0.15) is 6.10 Å². The zero-order chi connectivity index (χ0) is 29.5. The molecule has 4 rings (SSSR count). The van der Waals surface area contributed by atoms with Crippen LogP contribution in [0.3, 0.4) is 0 Å². The third-order valence-corrected chi connectivity index (χ3v) is 13.0. The molecule has 0 bridgehead atoms. The molecule has 0 aliphatic heterocycles. The van der Waals surface area contributed by atoms with Gasteiger partial charge < -0.3 is 4.74 Å². The lowest BCUT2D eigenvalue weighted by Gasteiger charge is -2.58. The first-order chi connectivity index (χ1) is 19.7. The van der Waals surface area contributed by atoms with Crippen LogP contribution in [0, 0.1) is 46.3 Å². The topological polar surface area (TPSA) is 26.3 Å². The number of carbonyl (C=O) groups is 1. The molecule has 0 aromatic heterocycles. The van der Waals surface area contributed by atoms with Crippen LogP contribution in [0.2, 0.25) is 0 Å². The zero-order valence-electron chi connectivity index (χ0n) is 28.3. The van der Waals surface area contributed by atoms with E-state index in [0.29, 0.717) is 17.3 Å². The van der Waals surface area contributed by atoms with Crippen LogP contribution in [0.1, 0.15) is 176 Å². The van der Waals surface area contributed by atoms with E-state index in [1.54, 1.807) is 5.57 Å². The highest BCUT2D eigenvalue weighted by Crippen LogP contribution is 2.67. The second-order valence-corrected chi connectivity index (χ2v) is 16.2. The summed E-state index contributed by atoms with van der Waals surface area (Å²) in [5.74, 6) is 5.34. The van der Waals surface area contributed by atoms with Gasteiger partial charge in [0.25, 0.3) is 0 Å². The van der Waals surface area contributed by atoms with Crippen LogP contribution >= 0.6 is 0 Å². The molecule has 0 N–H and O–H groups in total. The van der Waals surface area contributed by atoms with Gasteiger partial charge in [0.15, 0.2) is 0 Å². The van der Waals surface area contributed by atoms with Crippen LogP contribution in [0.25, 0.3) is 0 Å². The van der Waals surface area contributed by atoms with E-state index in [1.165, 1.54) is 109 Å². The number of hydrogen-bond donors (Lipinski definition) is 0. The average Bonchev–Trinajstić information content (AvgIpc) is 3.29. The highest BCUT2D eigenvalue weighted by Gasteiger charge is 2.59. The van der Waals surface area contributed by atoms with Crippen LogP contribution in [0.5, 0.6) is 0 Å². The molecule has 2 nitrogen and oxygen atoms in total. The lowest BCUT2D eigenvalue weighted by atomic mass is 9.48. The van der Waals surface area contributed by atoms with Gasteiger partial charge in [0, 0.05) is 12.8 Å². The molecule has 0 saturated heterocycles. The summed E-state index contributed by atoms with van der Waals surface area (Å²) < 4.78 is 6.09. The van der Waals surface area contributed by atoms with Gasteiger partial charge in [-0.25, -0.2) is 0 Å². The van der Waals surface area contributed by atoms with Gasteiger partial charge in [-0.2, -0.15) is 0 Å². The Balaban J connectivity index is 1.24. The molecule has 236 valence electrons. The van der Waals surface area contributed by atoms with Gasteiger partial charge in [0.05, 0.1) is 0 Å². The average molecular weight is 572 g/mol. The maximum absolute atomic E-state index is 12.7. The van der Waals surface area contributed by atoms with Crippen LogP contribution in [-0.2, 0) is 9.53 Å². The van der Waals surface area contributed by atoms with Crippen LogP contribution in [0.15, 0.2) is 11.6 Å². The molecule has 3 fully saturated rings. The Kier molecular flexibility index (Phi) is 12.3. The molecule has 8 atom stereocenters. The Morgan fingerprint density at radius 1 is 0.854 bits per heavy atom. The minimum absolute atomic E-state index is 0.0591. The first kappa shape index (κ1) is 33.1. The highest BCUT2D eigenvalue weighted by atomic mass is 16.7. The predicted molar refractivity (Wildman–Crippen MR) is 175 cm³/mol. The van der Waals surface area contributed by atoms with E-state index in [4.69, 9.17) is 4.74 Å². The normalized spacial score (nSPS) is 35.4. The van der Waals surface area contributed by atoms with Crippen molar-refractivity contribution in [3.8, 4) is 0 Å². The molecule has 3 saturated carbocycles. The maximum Gasteiger partial charge on any atom is 0.306 e. The Morgan fingerprint density at radius 3 is 2.27 bits per heavy atom. The summed E-state index contributed by atoms with van der Waals surface area (Å²) in [6, 6.07) is 0. The minimum Gasteiger partial charge on any atom is -0.462 e. The van der Waals surface area contributed by atoms with Gasteiger partial charge >= 0.3 is 5.97 Å². The standard InChI is InChI=1S/C39H68O2/c1-7-8-9-10-11-12-13-14-15-19-37(40)41-32-24-26-38(5)31(28-32)20-21-33-35-23-22-34(30(4)18-16-17-29(2)3)39(35,6)27-25-36(33)38/h20,29-30,32-36H,7-19,21-28H2,1-6H3/t30-,32+,33+,34-,35+,36+,38+,39-/m1/s1/i28+1,32+1,37+1. The number of fused-ring (bicyclic) bond motifs is 5. The second-order valence-electron chi connectivity index (χ2n) is 16.2. The summed E-state index contributed by atoms with van der Waals surface area (Å²) in [6.07, 6.45) is 29.6. The fourth-order valence-corrected chi connectivity index (χ4v) is 10.6. The highest BCUT2D eigenvalue weighted by molar-refractivity contribution is 5.69. The molecule has 4 aliphatic rings. The summed E-state index contributed by atoms with van der Waals surface area (Å²) in [7, 11) is 0. The van der Waals surface area contributed by atoms with Crippen LogP contribution < -0.4 is 0 Å². The lowest BCUT2D eigenvalue weighted by molar-refractivity contribution is -0.151. The number of ether oxygens (including phenoxy) is 1. The maximum atomic E-state index is 12.7. The van der Waals surface area contributed by atoms with Crippen LogP contribution in [-0.4, -0.2) is 12.1 Å². The van der Waals surface area contributed by atoms with Crippen molar-refractivity contribution >= 4 is 5.97 Å². The van der Waals surface area contributed by atoms with Crippen molar-refractivity contribution in [3.63, 3.8) is 0 Å². The van der Waals surface area contributed by atoms with Gasteiger partial charge in [0.2, 0.25) is 0 Å². The molecule has 0 aromatic rings. The molecule has 2 heteroatoms. The van der Waals surface area contributed by atoms with Crippen molar-refractivity contribution in [1.82, 2.24) is 0 Å². The molecule has 0 spiro atoms. The quantitative estimate of drug-likeness (QED) is 0.0797. The molecule has 0 aromatic carbocycles. The molecule has 0 unspecified atom stereocenters. The summed E-state index contributed by atoms with van der Waals surface area (Å²) in [5.41, 5.74) is 2.54. The summed E-state index contributed by atoms with van der Waals surface area (Å²) in [4.78, 5) is 12.7. The molecule has 41 heavy (non-hydrogen) atoms. The Hall–Kier alpha value is -0.790. The van der Waals surface area contributed by atoms with Gasteiger partial charge in [-0.3, -0.25) is 4.79 Å². The molecule has 4 aliphatic carbocycles. The number of unbranched alkanes of at least 4 members (excludes halogenated alkanes) is 8. The van der Waals surface area contributed by atoms with Crippen molar-refractivity contribution in [3.05, 3.63) is 11.6 Å². The van der Waals surface area contributed by atoms with E-state index in [1.807, 2.05) is 0 Å². The third kappa shape index (κ3) is 8.03. The number of hydrogen-bond acceptors (Lipinski definition) is 2. The van der Waals surface area contributed by atoms with E-state index in [-0.39, 0.29) is 12.1 Å². The zero-order valence-corrected chi connectivity index (χ0v) is 28.3. The third-order valence-electron chi connectivity index (χ3n) is 13.0. The second kappa shape index (κ2) is 15.3. The van der Waals surface area contributed by atoms with Gasteiger partial charge in [-0.05, 0) is 97.7 Å². The number of allylic oxidation sites excluding steroid dienone is 1. The van der Waals surface area contributed by atoms with Crippen molar-refractivity contribution in [1.29, 1.82) is 0 Å². The Morgan fingerprint density at radius 2 is 1.56 bits per heavy atom. The smallest absolute Gasteiger partial charge is 0.306 e. The number of esters is 1. The van der Waals surface area contributed by atoms with Gasteiger partial charge in [-0.1, -0.05) is 124 Å². The van der Waals surface area contributed by atoms with E-state index in [9.17, 15) is 4.79 Å². The Bertz CT molecular complexity index is 843. The minimum atomic E-state index is 0.0591. The summed E-state index contributed by atoms with van der Waals surface area (Å²) in [5, 5.41) is 0. The van der Waals surface area contributed by atoms with Gasteiger partial charge in [-0.15, -0.1) is 0 Å². The van der Waals surface area contributed by atoms with Crippen molar-refractivity contribution in [2.75, 3.05) is 0 Å². The monoisotopic (exact) mass is 572 g/mol. The molecule has 0 amide bonds. The van der Waals surface area contributed by atoms with E-state index >= 15 is 0 Å². The van der Waals surface area contributed by atoms with Crippen molar-refractivity contribution in [2.45, 2.75) is 182 Å².